The summed E-state index contributed by atoms with van der Waals surface area (Å²) < 4.78 is 11.2. The fourth-order valence-electron chi connectivity index (χ4n) is 2.98. The van der Waals surface area contributed by atoms with Crippen molar-refractivity contribution in [2.24, 2.45) is 5.92 Å². The van der Waals surface area contributed by atoms with E-state index in [2.05, 4.69) is 0 Å². The molecule has 0 aliphatic carbocycles. The molecule has 1 amide bonds. The highest BCUT2D eigenvalue weighted by Gasteiger charge is 2.31. The molecular weight excluding hydrogens is 334 g/mol. The van der Waals surface area contributed by atoms with Crippen LogP contribution in [0.5, 0.6) is 11.5 Å². The van der Waals surface area contributed by atoms with Gasteiger partial charge in [-0.15, -0.1) is 0 Å². The number of carboxylic acid groups (broad SMARTS) is 1. The first-order chi connectivity index (χ1) is 12.6. The van der Waals surface area contributed by atoms with Crippen molar-refractivity contribution in [1.29, 1.82) is 0 Å². The van der Waals surface area contributed by atoms with Gasteiger partial charge in [0.15, 0.2) is 11.5 Å². The van der Waals surface area contributed by atoms with Gasteiger partial charge in [0.25, 0.3) is 5.91 Å². The molecule has 0 aromatic heterocycles. The van der Waals surface area contributed by atoms with Crippen LogP contribution < -0.4 is 9.47 Å². The number of carbonyl (C=O) groups is 2. The number of aliphatic carboxylic acids is 1. The minimum atomic E-state index is -0.859. The summed E-state index contributed by atoms with van der Waals surface area (Å²) in [6, 6.07) is 14.8. The van der Waals surface area contributed by atoms with Crippen molar-refractivity contribution in [3.63, 3.8) is 0 Å². The lowest BCUT2D eigenvalue weighted by Gasteiger charge is -2.17. The monoisotopic (exact) mass is 355 g/mol. The molecule has 0 radical (unpaired) electrons. The van der Waals surface area contributed by atoms with Crippen molar-refractivity contribution >= 4 is 11.9 Å². The number of hydrogen-bond acceptors (Lipinski definition) is 4. The molecule has 0 saturated carbocycles. The predicted octanol–water partition coefficient (Wildman–Crippen LogP) is 2.82. The van der Waals surface area contributed by atoms with Crippen LogP contribution in [0.2, 0.25) is 0 Å². The van der Waals surface area contributed by atoms with Crippen molar-refractivity contribution in [1.82, 2.24) is 4.90 Å². The number of methoxy groups -OCH3 is 1. The highest BCUT2D eigenvalue weighted by atomic mass is 16.5. The number of likely N-dealkylation sites (tertiary alicyclic amines) is 1. The molecular formula is C20H21NO5. The Labute approximate surface area is 152 Å². The van der Waals surface area contributed by atoms with Crippen LogP contribution in [0.15, 0.2) is 48.5 Å². The molecule has 0 bridgehead atoms. The van der Waals surface area contributed by atoms with E-state index in [9.17, 15) is 9.59 Å². The maximum atomic E-state index is 12.6. The molecule has 6 heteroatoms. The summed E-state index contributed by atoms with van der Waals surface area (Å²) in [7, 11) is 1.52. The molecule has 1 saturated heterocycles. The normalized spacial score (nSPS) is 16.3. The fraction of sp³-hybridized carbons (Fsp3) is 0.300. The Bertz CT molecular complexity index is 790. The summed E-state index contributed by atoms with van der Waals surface area (Å²) in [4.78, 5) is 25.2. The van der Waals surface area contributed by atoms with Crippen LogP contribution >= 0.6 is 0 Å². The minimum absolute atomic E-state index is 0.193. The SMILES string of the molecule is COc1cc(C(=O)N2CC[C@@H](C(=O)O)C2)ccc1OCc1ccccc1. The van der Waals surface area contributed by atoms with Crippen LogP contribution in [0, 0.1) is 5.92 Å². The lowest BCUT2D eigenvalue weighted by Crippen LogP contribution is -2.29. The van der Waals surface area contributed by atoms with Crippen LogP contribution in [0.1, 0.15) is 22.3 Å². The summed E-state index contributed by atoms with van der Waals surface area (Å²) in [6.07, 6.45) is 0.483. The van der Waals surface area contributed by atoms with Gasteiger partial charge in [-0.05, 0) is 30.2 Å². The molecule has 1 aliphatic heterocycles. The first-order valence-electron chi connectivity index (χ1n) is 8.45. The van der Waals surface area contributed by atoms with Crippen molar-refractivity contribution in [3.05, 3.63) is 59.7 Å². The first kappa shape index (κ1) is 17.8. The summed E-state index contributed by atoms with van der Waals surface area (Å²) in [6.45, 7) is 1.09. The first-order valence-corrected chi connectivity index (χ1v) is 8.45. The van der Waals surface area contributed by atoms with E-state index in [1.54, 1.807) is 23.1 Å². The average molecular weight is 355 g/mol. The lowest BCUT2D eigenvalue weighted by atomic mass is 10.1. The van der Waals surface area contributed by atoms with Crippen LogP contribution in [0.4, 0.5) is 0 Å². The van der Waals surface area contributed by atoms with Crippen molar-refractivity contribution in [2.75, 3.05) is 20.2 Å². The molecule has 2 aromatic carbocycles. The Morgan fingerprint density at radius 1 is 1.15 bits per heavy atom. The lowest BCUT2D eigenvalue weighted by molar-refractivity contribution is -0.141. The maximum absolute atomic E-state index is 12.6. The van der Waals surface area contributed by atoms with E-state index >= 15 is 0 Å². The highest BCUT2D eigenvalue weighted by Crippen LogP contribution is 2.30. The number of carbonyl (C=O) groups excluding carboxylic acids is 1. The Kier molecular flexibility index (Phi) is 5.41. The summed E-state index contributed by atoms with van der Waals surface area (Å²) in [5.74, 6) is -0.517. The molecule has 2 aromatic rings. The number of rotatable bonds is 6. The van der Waals surface area contributed by atoms with E-state index in [4.69, 9.17) is 14.6 Å². The summed E-state index contributed by atoms with van der Waals surface area (Å²) >= 11 is 0. The number of hydrogen-bond donors (Lipinski definition) is 1. The number of nitrogens with zero attached hydrogens (tertiary/aromatic N) is 1. The second-order valence-corrected chi connectivity index (χ2v) is 6.21. The van der Waals surface area contributed by atoms with Gasteiger partial charge in [-0.1, -0.05) is 30.3 Å². The van der Waals surface area contributed by atoms with Gasteiger partial charge in [-0.3, -0.25) is 9.59 Å². The summed E-state index contributed by atoms with van der Waals surface area (Å²) in [5, 5.41) is 9.08. The fourth-order valence-corrected chi connectivity index (χ4v) is 2.98. The Morgan fingerprint density at radius 2 is 1.92 bits per heavy atom. The minimum Gasteiger partial charge on any atom is -0.493 e. The molecule has 136 valence electrons. The zero-order valence-electron chi connectivity index (χ0n) is 14.6. The van der Waals surface area contributed by atoms with Gasteiger partial charge in [-0.25, -0.2) is 0 Å². The zero-order chi connectivity index (χ0) is 18.5. The third-order valence-electron chi connectivity index (χ3n) is 4.47. The van der Waals surface area contributed by atoms with Gasteiger partial charge in [0.2, 0.25) is 0 Å². The molecule has 1 atom stereocenters. The zero-order valence-corrected chi connectivity index (χ0v) is 14.6. The van der Waals surface area contributed by atoms with Gasteiger partial charge < -0.3 is 19.5 Å². The Hall–Kier alpha value is -3.02. The number of amides is 1. The highest BCUT2D eigenvalue weighted by molar-refractivity contribution is 5.95. The van der Waals surface area contributed by atoms with Crippen molar-refractivity contribution in [2.45, 2.75) is 13.0 Å². The molecule has 1 N–H and O–H groups in total. The number of benzene rings is 2. The Balaban J connectivity index is 1.70. The van der Waals surface area contributed by atoms with Gasteiger partial charge >= 0.3 is 5.97 Å². The van der Waals surface area contributed by atoms with E-state index in [1.165, 1.54) is 7.11 Å². The Morgan fingerprint density at radius 3 is 2.58 bits per heavy atom. The maximum Gasteiger partial charge on any atom is 0.308 e. The van der Waals surface area contributed by atoms with E-state index in [0.29, 0.717) is 36.6 Å². The molecule has 26 heavy (non-hydrogen) atoms. The average Bonchev–Trinajstić information content (AvgIpc) is 3.17. The van der Waals surface area contributed by atoms with E-state index in [0.717, 1.165) is 5.56 Å². The van der Waals surface area contributed by atoms with Crippen LogP contribution in [0.25, 0.3) is 0 Å². The van der Waals surface area contributed by atoms with Gasteiger partial charge in [-0.2, -0.15) is 0 Å². The third-order valence-corrected chi connectivity index (χ3v) is 4.47. The third kappa shape index (κ3) is 3.96. The molecule has 0 unspecified atom stereocenters. The molecule has 0 spiro atoms. The number of ether oxygens (including phenoxy) is 2. The van der Waals surface area contributed by atoms with Gasteiger partial charge in [0.05, 0.1) is 13.0 Å². The molecule has 3 rings (SSSR count). The van der Waals surface area contributed by atoms with Crippen LogP contribution in [0.3, 0.4) is 0 Å². The summed E-state index contributed by atoms with van der Waals surface area (Å²) in [5.41, 5.74) is 1.49. The number of carboxylic acids is 1. The van der Waals surface area contributed by atoms with Crippen molar-refractivity contribution < 1.29 is 24.2 Å². The largest absolute Gasteiger partial charge is 0.493 e. The van der Waals surface area contributed by atoms with E-state index in [1.807, 2.05) is 30.3 Å². The smallest absolute Gasteiger partial charge is 0.308 e. The molecule has 1 aliphatic rings. The van der Waals surface area contributed by atoms with Crippen LogP contribution in [-0.4, -0.2) is 42.1 Å². The standard InChI is InChI=1S/C20H21NO5/c1-25-18-11-15(19(22)21-10-9-16(12-21)20(23)24)7-8-17(18)26-13-14-5-3-2-4-6-14/h2-8,11,16H,9-10,12-13H2,1H3,(H,23,24)/t16-/m1/s1. The van der Waals surface area contributed by atoms with Gasteiger partial charge in [0.1, 0.15) is 6.61 Å². The molecule has 1 fully saturated rings. The van der Waals surface area contributed by atoms with E-state index < -0.39 is 11.9 Å². The van der Waals surface area contributed by atoms with Gasteiger partial charge in [0, 0.05) is 18.7 Å². The second-order valence-electron chi connectivity index (χ2n) is 6.21. The van der Waals surface area contributed by atoms with E-state index in [-0.39, 0.29) is 12.5 Å². The topological polar surface area (TPSA) is 76.1 Å². The molecule has 1 heterocycles. The second kappa shape index (κ2) is 7.91. The van der Waals surface area contributed by atoms with Crippen LogP contribution in [-0.2, 0) is 11.4 Å². The van der Waals surface area contributed by atoms with Crippen molar-refractivity contribution in [3.8, 4) is 11.5 Å². The molecule has 6 nitrogen and oxygen atoms in total. The quantitative estimate of drug-likeness (QED) is 0.862. The predicted molar refractivity (Wildman–Crippen MR) is 95.4 cm³/mol.